The summed E-state index contributed by atoms with van der Waals surface area (Å²) in [6, 6.07) is 0.534. The Morgan fingerprint density at radius 3 is 2.56 bits per heavy atom. The molecule has 1 aliphatic rings. The molecular weight excluding hydrogens is 206 g/mol. The van der Waals surface area contributed by atoms with E-state index in [-0.39, 0.29) is 6.29 Å². The van der Waals surface area contributed by atoms with Crippen LogP contribution in [0.3, 0.4) is 0 Å². The van der Waals surface area contributed by atoms with Gasteiger partial charge in [0.05, 0.1) is 6.10 Å². The summed E-state index contributed by atoms with van der Waals surface area (Å²) in [7, 11) is 0. The van der Waals surface area contributed by atoms with Gasteiger partial charge < -0.3 is 19.5 Å². The predicted octanol–water partition coefficient (Wildman–Crippen LogP) is 1.54. The molecule has 0 aromatic rings. The first-order valence-electron chi connectivity index (χ1n) is 6.34. The minimum Gasteiger partial charge on any atom is -0.378 e. The Bertz CT molecular complexity index is 167. The summed E-state index contributed by atoms with van der Waals surface area (Å²) >= 11 is 0. The van der Waals surface area contributed by atoms with Crippen LogP contribution >= 0.6 is 0 Å². The Morgan fingerprint density at radius 1 is 1.31 bits per heavy atom. The van der Waals surface area contributed by atoms with Gasteiger partial charge in [0.15, 0.2) is 6.29 Å². The van der Waals surface area contributed by atoms with Gasteiger partial charge in [0.2, 0.25) is 0 Å². The number of hydrogen-bond acceptors (Lipinski definition) is 4. The molecule has 1 fully saturated rings. The van der Waals surface area contributed by atoms with E-state index in [1.54, 1.807) is 0 Å². The lowest BCUT2D eigenvalue weighted by Crippen LogP contribution is -2.42. The van der Waals surface area contributed by atoms with E-state index in [0.717, 1.165) is 26.0 Å². The normalized spacial score (nSPS) is 26.2. The van der Waals surface area contributed by atoms with Gasteiger partial charge in [-0.2, -0.15) is 0 Å². The average Bonchev–Trinajstić information content (AvgIpc) is 2.27. The maximum absolute atomic E-state index is 5.51. The lowest BCUT2D eigenvalue weighted by atomic mass is 10.0. The molecule has 0 aromatic heterocycles. The minimum absolute atomic E-state index is 0.117. The smallest absolute Gasteiger partial charge is 0.169 e. The summed E-state index contributed by atoms with van der Waals surface area (Å²) in [5, 5.41) is 3.49. The highest BCUT2D eigenvalue weighted by molar-refractivity contribution is 4.74. The Kier molecular flexibility index (Phi) is 6.96. The highest BCUT2D eigenvalue weighted by Crippen LogP contribution is 2.13. The number of nitrogens with one attached hydrogen (secondary N) is 1. The fraction of sp³-hybridized carbons (Fsp3) is 1.00. The first-order valence-corrected chi connectivity index (χ1v) is 6.34. The zero-order chi connectivity index (χ0) is 11.8. The van der Waals surface area contributed by atoms with Crippen LogP contribution in [0, 0.1) is 0 Å². The monoisotopic (exact) mass is 231 g/mol. The molecule has 1 saturated heterocycles. The van der Waals surface area contributed by atoms with E-state index < -0.39 is 0 Å². The molecule has 16 heavy (non-hydrogen) atoms. The van der Waals surface area contributed by atoms with Crippen LogP contribution in [0.5, 0.6) is 0 Å². The first kappa shape index (κ1) is 13.9. The molecule has 0 saturated carbocycles. The van der Waals surface area contributed by atoms with Gasteiger partial charge in [0, 0.05) is 32.4 Å². The molecule has 4 heteroatoms. The van der Waals surface area contributed by atoms with Crippen molar-refractivity contribution in [3.8, 4) is 0 Å². The van der Waals surface area contributed by atoms with Crippen LogP contribution in [0.2, 0.25) is 0 Å². The summed E-state index contributed by atoms with van der Waals surface area (Å²) in [5.74, 6) is 0. The molecule has 2 atom stereocenters. The zero-order valence-corrected chi connectivity index (χ0v) is 10.7. The molecular formula is C12H25NO3. The maximum Gasteiger partial charge on any atom is 0.169 e. The van der Waals surface area contributed by atoms with Crippen molar-refractivity contribution in [3.05, 3.63) is 0 Å². The van der Waals surface area contributed by atoms with Crippen molar-refractivity contribution in [3.63, 3.8) is 0 Å². The van der Waals surface area contributed by atoms with Crippen molar-refractivity contribution in [1.29, 1.82) is 0 Å². The number of hydrogen-bond donors (Lipinski definition) is 1. The molecule has 0 bridgehead atoms. The van der Waals surface area contributed by atoms with E-state index in [9.17, 15) is 0 Å². The van der Waals surface area contributed by atoms with Crippen LogP contribution in [0.1, 0.15) is 33.6 Å². The molecule has 0 radical (unpaired) electrons. The number of rotatable bonds is 7. The average molecular weight is 231 g/mol. The van der Waals surface area contributed by atoms with Gasteiger partial charge in [-0.1, -0.05) is 0 Å². The van der Waals surface area contributed by atoms with Crippen molar-refractivity contribution in [2.24, 2.45) is 0 Å². The van der Waals surface area contributed by atoms with Crippen LogP contribution in [0.4, 0.5) is 0 Å². The Balaban J connectivity index is 2.19. The largest absolute Gasteiger partial charge is 0.378 e. The van der Waals surface area contributed by atoms with Crippen LogP contribution < -0.4 is 5.32 Å². The third kappa shape index (κ3) is 5.25. The van der Waals surface area contributed by atoms with Gasteiger partial charge in [-0.3, -0.25) is 0 Å². The fourth-order valence-corrected chi connectivity index (χ4v) is 1.98. The van der Waals surface area contributed by atoms with Crippen molar-refractivity contribution in [1.82, 2.24) is 5.32 Å². The second-order valence-electron chi connectivity index (χ2n) is 4.15. The summed E-state index contributed by atoms with van der Waals surface area (Å²) in [6.45, 7) is 9.10. The molecule has 1 rings (SSSR count). The van der Waals surface area contributed by atoms with E-state index in [2.05, 4.69) is 12.2 Å². The molecule has 0 aliphatic carbocycles. The molecule has 0 spiro atoms. The first-order chi connectivity index (χ1) is 7.76. The summed E-state index contributed by atoms with van der Waals surface area (Å²) in [4.78, 5) is 0. The van der Waals surface area contributed by atoms with Crippen LogP contribution in [0.15, 0.2) is 0 Å². The summed E-state index contributed by atoms with van der Waals surface area (Å²) in [5.41, 5.74) is 0. The lowest BCUT2D eigenvalue weighted by molar-refractivity contribution is -0.135. The summed E-state index contributed by atoms with van der Waals surface area (Å²) in [6.07, 6.45) is 2.40. The molecule has 2 unspecified atom stereocenters. The molecule has 0 aromatic carbocycles. The Labute approximate surface area is 98.6 Å². The summed E-state index contributed by atoms with van der Waals surface area (Å²) < 4.78 is 16.5. The third-order valence-electron chi connectivity index (χ3n) is 2.76. The van der Waals surface area contributed by atoms with Crippen molar-refractivity contribution < 1.29 is 14.2 Å². The van der Waals surface area contributed by atoms with Gasteiger partial charge in [-0.15, -0.1) is 0 Å². The van der Waals surface area contributed by atoms with Crippen LogP contribution in [-0.2, 0) is 14.2 Å². The maximum atomic E-state index is 5.51. The number of ether oxygens (including phenoxy) is 3. The molecule has 0 amide bonds. The highest BCUT2D eigenvalue weighted by Gasteiger charge is 2.20. The van der Waals surface area contributed by atoms with E-state index >= 15 is 0 Å². The van der Waals surface area contributed by atoms with Gasteiger partial charge in [-0.25, -0.2) is 0 Å². The quantitative estimate of drug-likeness (QED) is 0.675. The van der Waals surface area contributed by atoms with Crippen molar-refractivity contribution in [2.45, 2.75) is 52.0 Å². The van der Waals surface area contributed by atoms with Crippen molar-refractivity contribution >= 4 is 0 Å². The second kappa shape index (κ2) is 8.01. The van der Waals surface area contributed by atoms with E-state index in [1.807, 2.05) is 13.8 Å². The van der Waals surface area contributed by atoms with Gasteiger partial charge in [-0.05, 0) is 33.6 Å². The van der Waals surface area contributed by atoms with Gasteiger partial charge in [0.25, 0.3) is 0 Å². The fourth-order valence-electron chi connectivity index (χ4n) is 1.98. The Morgan fingerprint density at radius 2 is 2.00 bits per heavy atom. The van der Waals surface area contributed by atoms with E-state index in [1.165, 1.54) is 0 Å². The molecule has 96 valence electrons. The molecule has 1 N–H and O–H groups in total. The van der Waals surface area contributed by atoms with Gasteiger partial charge in [0.1, 0.15) is 0 Å². The SMILES string of the molecule is CCOC(CNC1CCOC(C)C1)OCC. The van der Waals surface area contributed by atoms with E-state index in [0.29, 0.717) is 25.4 Å². The van der Waals surface area contributed by atoms with Crippen molar-refractivity contribution in [2.75, 3.05) is 26.4 Å². The molecule has 4 nitrogen and oxygen atoms in total. The van der Waals surface area contributed by atoms with Crippen LogP contribution in [0.25, 0.3) is 0 Å². The molecule has 1 heterocycles. The zero-order valence-electron chi connectivity index (χ0n) is 10.7. The van der Waals surface area contributed by atoms with Crippen LogP contribution in [-0.4, -0.2) is 44.8 Å². The topological polar surface area (TPSA) is 39.7 Å². The third-order valence-corrected chi connectivity index (χ3v) is 2.76. The second-order valence-corrected chi connectivity index (χ2v) is 4.15. The van der Waals surface area contributed by atoms with Gasteiger partial charge >= 0.3 is 0 Å². The molecule has 1 aliphatic heterocycles. The lowest BCUT2D eigenvalue weighted by Gasteiger charge is -2.29. The minimum atomic E-state index is -0.117. The highest BCUT2D eigenvalue weighted by atomic mass is 16.7. The standard InChI is InChI=1S/C12H25NO3/c1-4-14-12(15-5-2)9-13-11-6-7-16-10(3)8-11/h10-13H,4-9H2,1-3H3. The Hall–Kier alpha value is -0.160. The predicted molar refractivity (Wildman–Crippen MR) is 63.5 cm³/mol. The van der Waals surface area contributed by atoms with E-state index in [4.69, 9.17) is 14.2 Å².